The molecule has 0 radical (unpaired) electrons. The fourth-order valence-corrected chi connectivity index (χ4v) is 4.96. The summed E-state index contributed by atoms with van der Waals surface area (Å²) in [6, 6.07) is 8.03. The highest BCUT2D eigenvalue weighted by Crippen LogP contribution is 2.42. The van der Waals surface area contributed by atoms with Crippen LogP contribution in [-0.4, -0.2) is 28.7 Å². The first-order valence-electron chi connectivity index (χ1n) is 11.4. The fraction of sp³-hybridized carbons (Fsp3) is 0.520. The Bertz CT molecular complexity index is 1120. The first kappa shape index (κ1) is 22.0. The van der Waals surface area contributed by atoms with Gasteiger partial charge >= 0.3 is 0 Å². The maximum atomic E-state index is 14.3. The molecule has 1 aromatic heterocycles. The summed E-state index contributed by atoms with van der Waals surface area (Å²) in [5.41, 5.74) is 9.78. The van der Waals surface area contributed by atoms with Gasteiger partial charge in [-0.2, -0.15) is 10.5 Å². The van der Waals surface area contributed by atoms with Crippen molar-refractivity contribution >= 4 is 11.5 Å². The van der Waals surface area contributed by atoms with Gasteiger partial charge in [0.2, 0.25) is 5.67 Å². The monoisotopic (exact) mass is 432 g/mol. The molecule has 1 saturated heterocycles. The highest BCUT2D eigenvalue weighted by atomic mass is 19.1. The molecule has 1 aliphatic heterocycles. The second kappa shape index (κ2) is 8.39. The Balaban J connectivity index is 1.74. The van der Waals surface area contributed by atoms with Gasteiger partial charge in [-0.25, -0.2) is 14.4 Å². The SMILES string of the molecule is CCc1nc2c(c(N3CC(F)(C#N)C3)n1)CCC(c1c([C@@H](C)CC)ccc(N)c1C#N)C2. The van der Waals surface area contributed by atoms with Gasteiger partial charge in [0.1, 0.15) is 23.8 Å². The number of benzene rings is 1. The van der Waals surface area contributed by atoms with Crippen LogP contribution in [0.5, 0.6) is 0 Å². The molecule has 2 heterocycles. The van der Waals surface area contributed by atoms with Crippen LogP contribution in [0.4, 0.5) is 15.9 Å². The van der Waals surface area contributed by atoms with Crippen LogP contribution in [0.15, 0.2) is 12.1 Å². The Kier molecular flexibility index (Phi) is 5.77. The molecular weight excluding hydrogens is 403 g/mol. The van der Waals surface area contributed by atoms with Gasteiger partial charge in [0.25, 0.3) is 0 Å². The minimum Gasteiger partial charge on any atom is -0.398 e. The van der Waals surface area contributed by atoms with Crippen LogP contribution in [-0.2, 0) is 19.3 Å². The molecule has 1 unspecified atom stereocenters. The quantitative estimate of drug-likeness (QED) is 0.706. The van der Waals surface area contributed by atoms with Crippen LogP contribution < -0.4 is 10.6 Å². The molecule has 166 valence electrons. The van der Waals surface area contributed by atoms with Crippen molar-refractivity contribution in [3.8, 4) is 12.1 Å². The molecule has 1 fully saturated rings. The molecule has 2 atom stereocenters. The Labute approximate surface area is 188 Å². The predicted octanol–water partition coefficient (Wildman–Crippen LogP) is 4.33. The van der Waals surface area contributed by atoms with Crippen molar-refractivity contribution in [3.63, 3.8) is 0 Å². The number of aromatic nitrogens is 2. The van der Waals surface area contributed by atoms with Gasteiger partial charge in [0.15, 0.2) is 0 Å². The summed E-state index contributed by atoms with van der Waals surface area (Å²) in [5, 5.41) is 18.9. The molecule has 0 spiro atoms. The summed E-state index contributed by atoms with van der Waals surface area (Å²) in [7, 11) is 0. The lowest BCUT2D eigenvalue weighted by molar-refractivity contribution is 0.188. The first-order valence-corrected chi connectivity index (χ1v) is 11.4. The molecule has 2 aromatic rings. The van der Waals surface area contributed by atoms with E-state index < -0.39 is 5.67 Å². The molecule has 1 aromatic carbocycles. The Hall–Kier alpha value is -3.19. The standard InChI is InChI=1S/C25H29FN6/c1-4-15(3)17-8-9-20(29)19(11-27)23(17)16-6-7-18-21(10-16)30-22(5-2)31-24(18)32-13-25(26,12-28)14-32/h8-9,15-16H,4-7,10,13-14,29H2,1-3H3/t15-,16?/m0/s1. The summed E-state index contributed by atoms with van der Waals surface area (Å²) in [5.74, 6) is 1.97. The van der Waals surface area contributed by atoms with Crippen molar-refractivity contribution in [2.24, 2.45) is 0 Å². The number of nitrogens with zero attached hydrogens (tertiary/aromatic N) is 5. The van der Waals surface area contributed by atoms with Gasteiger partial charge < -0.3 is 10.6 Å². The van der Waals surface area contributed by atoms with E-state index in [-0.39, 0.29) is 19.0 Å². The third kappa shape index (κ3) is 3.66. The van der Waals surface area contributed by atoms with Crippen molar-refractivity contribution in [2.45, 2.75) is 70.4 Å². The van der Waals surface area contributed by atoms with E-state index in [1.807, 2.05) is 17.9 Å². The molecule has 4 rings (SSSR count). The molecule has 0 saturated carbocycles. The van der Waals surface area contributed by atoms with Crippen LogP contribution in [0, 0.1) is 22.7 Å². The van der Waals surface area contributed by atoms with Gasteiger partial charge in [0, 0.05) is 17.7 Å². The molecule has 1 aliphatic carbocycles. The summed E-state index contributed by atoms with van der Waals surface area (Å²) >= 11 is 0. The topological polar surface area (TPSA) is 103 Å². The average Bonchev–Trinajstić information content (AvgIpc) is 2.80. The lowest BCUT2D eigenvalue weighted by Gasteiger charge is -2.42. The smallest absolute Gasteiger partial charge is 0.230 e. The van der Waals surface area contributed by atoms with Gasteiger partial charge in [-0.1, -0.05) is 26.8 Å². The summed E-state index contributed by atoms with van der Waals surface area (Å²) in [6.07, 6.45) is 3.96. The molecule has 0 amide bonds. The molecule has 7 heteroatoms. The number of fused-ring (bicyclic) bond motifs is 1. The van der Waals surface area contributed by atoms with Crippen molar-refractivity contribution in [1.29, 1.82) is 10.5 Å². The van der Waals surface area contributed by atoms with E-state index in [9.17, 15) is 9.65 Å². The third-order valence-corrected chi connectivity index (χ3v) is 6.97. The minimum absolute atomic E-state index is 0.0471. The zero-order valence-electron chi connectivity index (χ0n) is 19.0. The molecule has 32 heavy (non-hydrogen) atoms. The normalized spacial score (nSPS) is 19.9. The maximum Gasteiger partial charge on any atom is 0.230 e. The lowest BCUT2D eigenvalue weighted by atomic mass is 9.76. The van der Waals surface area contributed by atoms with Crippen molar-refractivity contribution < 1.29 is 4.39 Å². The first-order chi connectivity index (χ1) is 15.3. The Morgan fingerprint density at radius 1 is 1.28 bits per heavy atom. The summed E-state index contributed by atoms with van der Waals surface area (Å²) in [4.78, 5) is 11.4. The van der Waals surface area contributed by atoms with Crippen molar-refractivity contribution in [3.05, 3.63) is 45.9 Å². The van der Waals surface area contributed by atoms with Crippen LogP contribution in [0.1, 0.15) is 79.2 Å². The molecule has 6 nitrogen and oxygen atoms in total. The third-order valence-electron chi connectivity index (χ3n) is 6.97. The predicted molar refractivity (Wildman–Crippen MR) is 122 cm³/mol. The van der Waals surface area contributed by atoms with E-state index in [4.69, 9.17) is 21.0 Å². The Morgan fingerprint density at radius 2 is 2.03 bits per heavy atom. The largest absolute Gasteiger partial charge is 0.398 e. The van der Waals surface area contributed by atoms with E-state index in [2.05, 4.69) is 26.0 Å². The van der Waals surface area contributed by atoms with Gasteiger partial charge in [0.05, 0.1) is 24.3 Å². The van der Waals surface area contributed by atoms with Crippen LogP contribution >= 0.6 is 0 Å². The molecular formula is C25H29FN6. The highest BCUT2D eigenvalue weighted by molar-refractivity contribution is 5.63. The summed E-state index contributed by atoms with van der Waals surface area (Å²) < 4.78 is 14.3. The molecule has 2 N–H and O–H groups in total. The Morgan fingerprint density at radius 3 is 2.66 bits per heavy atom. The van der Waals surface area contributed by atoms with E-state index >= 15 is 0 Å². The van der Waals surface area contributed by atoms with Crippen LogP contribution in [0.25, 0.3) is 0 Å². The van der Waals surface area contributed by atoms with E-state index in [0.717, 1.165) is 47.7 Å². The number of rotatable bonds is 5. The van der Waals surface area contributed by atoms with E-state index in [1.54, 1.807) is 6.07 Å². The number of alkyl halides is 1. The maximum absolute atomic E-state index is 14.3. The fourth-order valence-electron chi connectivity index (χ4n) is 4.96. The van der Waals surface area contributed by atoms with Gasteiger partial charge in [-0.3, -0.25) is 0 Å². The number of anilines is 2. The van der Waals surface area contributed by atoms with Crippen LogP contribution in [0.3, 0.4) is 0 Å². The zero-order valence-corrected chi connectivity index (χ0v) is 19.0. The number of nitrogen functional groups attached to an aromatic ring is 1. The number of aryl methyl sites for hydroxylation is 1. The minimum atomic E-state index is -1.80. The highest BCUT2D eigenvalue weighted by Gasteiger charge is 2.46. The second-order valence-corrected chi connectivity index (χ2v) is 9.07. The molecule has 2 aliphatic rings. The zero-order chi connectivity index (χ0) is 23.0. The van der Waals surface area contributed by atoms with E-state index in [1.165, 1.54) is 5.56 Å². The van der Waals surface area contributed by atoms with Crippen LogP contribution in [0.2, 0.25) is 0 Å². The number of halogens is 1. The lowest BCUT2D eigenvalue weighted by Crippen LogP contribution is -2.59. The van der Waals surface area contributed by atoms with Gasteiger partial charge in [-0.05, 0) is 54.7 Å². The number of nitriles is 2. The second-order valence-electron chi connectivity index (χ2n) is 9.07. The van der Waals surface area contributed by atoms with Crippen molar-refractivity contribution in [2.75, 3.05) is 23.7 Å². The van der Waals surface area contributed by atoms with Crippen molar-refractivity contribution in [1.82, 2.24) is 9.97 Å². The van der Waals surface area contributed by atoms with Gasteiger partial charge in [-0.15, -0.1) is 0 Å². The average molecular weight is 433 g/mol. The number of hydrogen-bond acceptors (Lipinski definition) is 6. The van der Waals surface area contributed by atoms with E-state index in [0.29, 0.717) is 30.0 Å². The summed E-state index contributed by atoms with van der Waals surface area (Å²) in [6.45, 7) is 6.43. The number of nitrogens with two attached hydrogens (primary N) is 1. The molecule has 0 bridgehead atoms. The number of hydrogen-bond donors (Lipinski definition) is 1.